The van der Waals surface area contributed by atoms with Gasteiger partial charge >= 0.3 is 5.97 Å². The summed E-state index contributed by atoms with van der Waals surface area (Å²) in [6.07, 6.45) is 2.78. The number of ether oxygens (including phenoxy) is 1. The molecule has 0 radical (unpaired) electrons. The SMILES string of the molecule is CCOC(=O)[C@@H]1CCc2c(sc3ccccc23)C1. The Morgan fingerprint density at radius 1 is 1.44 bits per heavy atom. The predicted molar refractivity (Wildman–Crippen MR) is 74.0 cm³/mol. The Morgan fingerprint density at radius 2 is 2.28 bits per heavy atom. The third-order valence-electron chi connectivity index (χ3n) is 3.58. The normalized spacial score (nSPS) is 18.6. The van der Waals surface area contributed by atoms with Crippen molar-refractivity contribution in [1.82, 2.24) is 0 Å². The largest absolute Gasteiger partial charge is 0.466 e. The molecule has 0 unspecified atom stereocenters. The van der Waals surface area contributed by atoms with Crippen molar-refractivity contribution < 1.29 is 9.53 Å². The molecule has 3 heteroatoms. The van der Waals surface area contributed by atoms with E-state index in [2.05, 4.69) is 24.3 Å². The maximum Gasteiger partial charge on any atom is 0.309 e. The van der Waals surface area contributed by atoms with Crippen molar-refractivity contribution in [3.8, 4) is 0 Å². The Bertz CT molecular complexity index is 585. The molecule has 0 fully saturated rings. The van der Waals surface area contributed by atoms with E-state index in [-0.39, 0.29) is 11.9 Å². The molecule has 0 amide bonds. The number of thiophene rings is 1. The maximum absolute atomic E-state index is 11.8. The average Bonchev–Trinajstić information content (AvgIpc) is 2.76. The van der Waals surface area contributed by atoms with Gasteiger partial charge in [-0.25, -0.2) is 0 Å². The molecule has 0 bridgehead atoms. The first-order valence-corrected chi connectivity index (χ1v) is 7.27. The summed E-state index contributed by atoms with van der Waals surface area (Å²) >= 11 is 1.83. The summed E-state index contributed by atoms with van der Waals surface area (Å²) in [5.41, 5.74) is 1.45. The van der Waals surface area contributed by atoms with Crippen LogP contribution in [0.3, 0.4) is 0 Å². The average molecular weight is 260 g/mol. The van der Waals surface area contributed by atoms with Crippen LogP contribution in [0.25, 0.3) is 10.1 Å². The number of carbonyl (C=O) groups is 1. The van der Waals surface area contributed by atoms with Crippen molar-refractivity contribution in [3.63, 3.8) is 0 Å². The molecule has 2 aromatic rings. The van der Waals surface area contributed by atoms with Crippen LogP contribution in [0, 0.1) is 5.92 Å². The Labute approximate surface area is 111 Å². The number of hydrogen-bond acceptors (Lipinski definition) is 3. The summed E-state index contributed by atoms with van der Waals surface area (Å²) in [5, 5.41) is 1.37. The fraction of sp³-hybridized carbons (Fsp3) is 0.400. The Balaban J connectivity index is 1.91. The lowest BCUT2D eigenvalue weighted by Gasteiger charge is -2.20. The molecule has 3 rings (SSSR count). The number of rotatable bonds is 2. The minimum absolute atomic E-state index is 0.0272. The van der Waals surface area contributed by atoms with E-state index < -0.39 is 0 Å². The van der Waals surface area contributed by atoms with E-state index in [1.54, 1.807) is 0 Å². The molecular formula is C15H16O2S. The van der Waals surface area contributed by atoms with E-state index in [1.807, 2.05) is 18.3 Å². The Kier molecular flexibility index (Phi) is 3.08. The zero-order valence-corrected chi connectivity index (χ0v) is 11.3. The molecule has 0 saturated carbocycles. The van der Waals surface area contributed by atoms with E-state index >= 15 is 0 Å². The third kappa shape index (κ3) is 1.93. The molecular weight excluding hydrogens is 244 g/mol. The molecule has 1 aliphatic carbocycles. The summed E-state index contributed by atoms with van der Waals surface area (Å²) in [7, 11) is 0. The summed E-state index contributed by atoms with van der Waals surface area (Å²) in [6.45, 7) is 2.35. The van der Waals surface area contributed by atoms with Crippen molar-refractivity contribution in [2.24, 2.45) is 5.92 Å². The van der Waals surface area contributed by atoms with Crippen LogP contribution in [0.5, 0.6) is 0 Å². The fourth-order valence-electron chi connectivity index (χ4n) is 2.69. The highest BCUT2D eigenvalue weighted by molar-refractivity contribution is 7.19. The summed E-state index contributed by atoms with van der Waals surface area (Å²) in [5.74, 6) is 0.0334. The topological polar surface area (TPSA) is 26.3 Å². The standard InChI is InChI=1S/C15H16O2S/c1-2-17-15(16)10-7-8-12-11-5-3-4-6-13(11)18-14(12)9-10/h3-6,10H,2,7-9H2,1H3/t10-/m1/s1. The van der Waals surface area contributed by atoms with Crippen molar-refractivity contribution in [2.45, 2.75) is 26.2 Å². The zero-order valence-electron chi connectivity index (χ0n) is 10.4. The van der Waals surface area contributed by atoms with Gasteiger partial charge in [0.1, 0.15) is 0 Å². The van der Waals surface area contributed by atoms with E-state index in [0.29, 0.717) is 6.61 Å². The van der Waals surface area contributed by atoms with Crippen molar-refractivity contribution in [1.29, 1.82) is 0 Å². The lowest BCUT2D eigenvalue weighted by molar-refractivity contribution is -0.148. The first-order chi connectivity index (χ1) is 8.79. The molecule has 0 spiro atoms. The van der Waals surface area contributed by atoms with Gasteiger partial charge < -0.3 is 4.74 Å². The highest BCUT2D eigenvalue weighted by atomic mass is 32.1. The van der Waals surface area contributed by atoms with Crippen molar-refractivity contribution >= 4 is 27.4 Å². The number of aryl methyl sites for hydroxylation is 1. The number of carbonyl (C=O) groups excluding carboxylic acids is 1. The first kappa shape index (κ1) is 11.7. The van der Waals surface area contributed by atoms with Crippen LogP contribution in [-0.2, 0) is 22.4 Å². The molecule has 1 atom stereocenters. The van der Waals surface area contributed by atoms with E-state index in [4.69, 9.17) is 4.74 Å². The fourth-order valence-corrected chi connectivity index (χ4v) is 4.03. The maximum atomic E-state index is 11.8. The molecule has 1 aromatic heterocycles. The molecule has 1 heterocycles. The van der Waals surface area contributed by atoms with Crippen LogP contribution < -0.4 is 0 Å². The summed E-state index contributed by atoms with van der Waals surface area (Å²) in [4.78, 5) is 13.2. The van der Waals surface area contributed by atoms with Crippen molar-refractivity contribution in [2.75, 3.05) is 6.61 Å². The highest BCUT2D eigenvalue weighted by Crippen LogP contribution is 2.38. The molecule has 1 aromatic carbocycles. The van der Waals surface area contributed by atoms with E-state index in [9.17, 15) is 4.79 Å². The first-order valence-electron chi connectivity index (χ1n) is 6.45. The second-order valence-electron chi connectivity index (χ2n) is 4.69. The van der Waals surface area contributed by atoms with Crippen LogP contribution in [0.15, 0.2) is 24.3 Å². The van der Waals surface area contributed by atoms with Gasteiger partial charge in [0.25, 0.3) is 0 Å². The highest BCUT2D eigenvalue weighted by Gasteiger charge is 2.28. The van der Waals surface area contributed by atoms with Gasteiger partial charge in [-0.15, -0.1) is 11.3 Å². The molecule has 18 heavy (non-hydrogen) atoms. The van der Waals surface area contributed by atoms with Crippen LogP contribution in [0.2, 0.25) is 0 Å². The zero-order chi connectivity index (χ0) is 12.5. The second-order valence-corrected chi connectivity index (χ2v) is 5.83. The molecule has 0 N–H and O–H groups in total. The molecule has 2 nitrogen and oxygen atoms in total. The number of esters is 1. The van der Waals surface area contributed by atoms with Crippen LogP contribution in [0.1, 0.15) is 23.8 Å². The summed E-state index contributed by atoms with van der Waals surface area (Å²) in [6, 6.07) is 8.52. The van der Waals surface area contributed by atoms with Gasteiger partial charge in [-0.2, -0.15) is 0 Å². The number of fused-ring (bicyclic) bond motifs is 3. The van der Waals surface area contributed by atoms with Gasteiger partial charge in [0, 0.05) is 9.58 Å². The van der Waals surface area contributed by atoms with Gasteiger partial charge in [0.05, 0.1) is 12.5 Å². The molecule has 1 aliphatic rings. The quantitative estimate of drug-likeness (QED) is 0.772. The second kappa shape index (κ2) is 4.73. The van der Waals surface area contributed by atoms with Gasteiger partial charge in [-0.3, -0.25) is 4.79 Å². The number of benzene rings is 1. The smallest absolute Gasteiger partial charge is 0.309 e. The Hall–Kier alpha value is -1.35. The van der Waals surface area contributed by atoms with Crippen LogP contribution >= 0.6 is 11.3 Å². The lowest BCUT2D eigenvalue weighted by atomic mass is 9.87. The van der Waals surface area contributed by atoms with Crippen LogP contribution in [0.4, 0.5) is 0 Å². The third-order valence-corrected chi connectivity index (χ3v) is 4.81. The minimum Gasteiger partial charge on any atom is -0.466 e. The number of hydrogen-bond donors (Lipinski definition) is 0. The summed E-state index contributed by atoms with van der Waals surface area (Å²) < 4.78 is 6.48. The lowest BCUT2D eigenvalue weighted by Crippen LogP contribution is -2.23. The van der Waals surface area contributed by atoms with Crippen molar-refractivity contribution in [3.05, 3.63) is 34.7 Å². The molecule has 0 aliphatic heterocycles. The van der Waals surface area contributed by atoms with Gasteiger partial charge in [-0.05, 0) is 43.2 Å². The Morgan fingerprint density at radius 3 is 3.11 bits per heavy atom. The van der Waals surface area contributed by atoms with E-state index in [0.717, 1.165) is 19.3 Å². The van der Waals surface area contributed by atoms with Crippen LogP contribution in [-0.4, -0.2) is 12.6 Å². The van der Waals surface area contributed by atoms with E-state index in [1.165, 1.54) is 20.5 Å². The monoisotopic (exact) mass is 260 g/mol. The van der Waals surface area contributed by atoms with Gasteiger partial charge in [0.2, 0.25) is 0 Å². The minimum atomic E-state index is -0.0272. The predicted octanol–water partition coefficient (Wildman–Crippen LogP) is 3.57. The van der Waals surface area contributed by atoms with Gasteiger partial charge in [0.15, 0.2) is 0 Å². The molecule has 94 valence electrons. The van der Waals surface area contributed by atoms with Gasteiger partial charge in [-0.1, -0.05) is 18.2 Å². The molecule has 0 saturated heterocycles.